The Morgan fingerprint density at radius 2 is 0.759 bits per heavy atom. The zero-order valence-electron chi connectivity index (χ0n) is 18.9. The molecule has 1 heteroatoms. The molecule has 0 radical (unpaired) electrons. The van der Waals surface area contributed by atoms with Crippen molar-refractivity contribution in [3.8, 4) is 0 Å². The highest BCUT2D eigenvalue weighted by Gasteiger charge is 1.90. The summed E-state index contributed by atoms with van der Waals surface area (Å²) in [6, 6.07) is 0. The van der Waals surface area contributed by atoms with E-state index in [1.54, 1.807) is 0 Å². The van der Waals surface area contributed by atoms with Gasteiger partial charge in [0.15, 0.2) is 0 Å². The van der Waals surface area contributed by atoms with Gasteiger partial charge in [-0.3, -0.25) is 0 Å². The molecule has 0 fully saturated rings. The molecule has 0 aromatic heterocycles. The van der Waals surface area contributed by atoms with E-state index in [1.165, 1.54) is 51.4 Å². The number of unbranched alkanes of at least 4 members (excludes halogenated alkanes) is 7. The van der Waals surface area contributed by atoms with Gasteiger partial charge < -0.3 is 0 Å². The van der Waals surface area contributed by atoms with Gasteiger partial charge in [0.2, 0.25) is 0 Å². The van der Waals surface area contributed by atoms with Crippen LogP contribution >= 0.6 is 15.9 Å². The standard InChI is InChI=1S/C28H45Br/c1-2-3-4-5-6-7-8-9-10-11-12-13-14-15-16-17-18-19-20-21-22-23-24-25-26-27-28-29/h3-4,6-7,9-10,12-13,15-16,18-19H,2,5,8,11,14,17,20-28H2,1H3. The number of hydrogen-bond acceptors (Lipinski definition) is 0. The van der Waals surface area contributed by atoms with Crippen LogP contribution < -0.4 is 0 Å². The summed E-state index contributed by atoms with van der Waals surface area (Å²) in [5.74, 6) is 0. The molecular weight excluding hydrogens is 416 g/mol. The number of halogens is 1. The molecule has 0 bridgehead atoms. The van der Waals surface area contributed by atoms with Crippen LogP contribution in [0.4, 0.5) is 0 Å². The van der Waals surface area contributed by atoms with Crippen LogP contribution in [0.1, 0.15) is 96.8 Å². The third-order valence-electron chi connectivity index (χ3n) is 4.60. The molecule has 0 heterocycles. The maximum absolute atomic E-state index is 3.49. The van der Waals surface area contributed by atoms with Crippen LogP contribution in [0, 0.1) is 0 Å². The van der Waals surface area contributed by atoms with Gasteiger partial charge >= 0.3 is 0 Å². The van der Waals surface area contributed by atoms with Crippen molar-refractivity contribution in [2.75, 3.05) is 5.33 Å². The number of alkyl halides is 1. The summed E-state index contributed by atoms with van der Waals surface area (Å²) in [5.41, 5.74) is 0. The first-order valence-electron chi connectivity index (χ1n) is 11.9. The topological polar surface area (TPSA) is 0 Å². The van der Waals surface area contributed by atoms with E-state index in [1.807, 2.05) is 0 Å². The molecule has 0 aliphatic rings. The minimum atomic E-state index is 1.04. The number of hydrogen-bond donors (Lipinski definition) is 0. The van der Waals surface area contributed by atoms with Crippen molar-refractivity contribution >= 4 is 15.9 Å². The second-order valence-electron chi connectivity index (χ2n) is 7.37. The summed E-state index contributed by atoms with van der Waals surface area (Å²) in [4.78, 5) is 0. The third kappa shape index (κ3) is 26.9. The van der Waals surface area contributed by atoms with E-state index in [-0.39, 0.29) is 0 Å². The largest absolute Gasteiger partial charge is 0.0928 e. The van der Waals surface area contributed by atoms with Gasteiger partial charge in [0.1, 0.15) is 0 Å². The van der Waals surface area contributed by atoms with Crippen LogP contribution in [0.2, 0.25) is 0 Å². The Labute approximate surface area is 190 Å². The van der Waals surface area contributed by atoms with Crippen LogP contribution in [-0.4, -0.2) is 5.33 Å². The molecule has 0 aliphatic heterocycles. The summed E-state index contributed by atoms with van der Waals surface area (Å²) in [5, 5.41) is 1.16. The van der Waals surface area contributed by atoms with E-state index in [0.717, 1.165) is 43.9 Å². The highest BCUT2D eigenvalue weighted by molar-refractivity contribution is 9.09. The van der Waals surface area contributed by atoms with E-state index in [9.17, 15) is 0 Å². The predicted molar refractivity (Wildman–Crippen MR) is 139 cm³/mol. The average Bonchev–Trinajstić information content (AvgIpc) is 2.74. The van der Waals surface area contributed by atoms with E-state index in [0.29, 0.717) is 0 Å². The highest BCUT2D eigenvalue weighted by atomic mass is 79.9. The molecule has 0 N–H and O–H groups in total. The molecule has 0 spiro atoms. The second-order valence-corrected chi connectivity index (χ2v) is 8.16. The normalized spacial score (nSPS) is 13.0. The Hall–Kier alpha value is -1.08. The summed E-state index contributed by atoms with van der Waals surface area (Å²) in [6.07, 6.45) is 44.4. The molecule has 0 aliphatic carbocycles. The lowest BCUT2D eigenvalue weighted by Gasteiger charge is -1.99. The first-order chi connectivity index (χ1) is 14.4. The lowest BCUT2D eigenvalue weighted by Crippen LogP contribution is -1.80. The van der Waals surface area contributed by atoms with Crippen molar-refractivity contribution in [1.29, 1.82) is 0 Å². The monoisotopic (exact) mass is 460 g/mol. The SMILES string of the molecule is CCC=CCC=CCC=CCC=CCC=CCC=CCCCCCCCCCBr. The Balaban J connectivity index is 3.40. The molecule has 29 heavy (non-hydrogen) atoms. The van der Waals surface area contributed by atoms with Gasteiger partial charge in [0, 0.05) is 5.33 Å². The molecule has 0 amide bonds. The van der Waals surface area contributed by atoms with E-state index < -0.39 is 0 Å². The zero-order chi connectivity index (χ0) is 21.1. The first kappa shape index (κ1) is 27.9. The Bertz CT molecular complexity index is 477. The second kappa shape index (κ2) is 26.9. The lowest BCUT2D eigenvalue weighted by molar-refractivity contribution is 0.594. The Morgan fingerprint density at radius 1 is 0.414 bits per heavy atom. The molecule has 0 nitrogen and oxygen atoms in total. The summed E-state index contributed by atoms with van der Waals surface area (Å²) >= 11 is 3.49. The molecule has 0 rings (SSSR count). The molecular formula is C28H45Br. The lowest BCUT2D eigenvalue weighted by atomic mass is 10.1. The zero-order valence-corrected chi connectivity index (χ0v) is 20.5. The average molecular weight is 462 g/mol. The maximum Gasteiger partial charge on any atom is 0.00313 e. The fraction of sp³-hybridized carbons (Fsp3) is 0.571. The van der Waals surface area contributed by atoms with E-state index >= 15 is 0 Å². The van der Waals surface area contributed by atoms with Gasteiger partial charge in [0.05, 0.1) is 0 Å². The fourth-order valence-corrected chi connectivity index (χ4v) is 3.28. The molecule has 0 aromatic carbocycles. The van der Waals surface area contributed by atoms with Crippen molar-refractivity contribution in [1.82, 2.24) is 0 Å². The van der Waals surface area contributed by atoms with Crippen LogP contribution in [0.5, 0.6) is 0 Å². The Morgan fingerprint density at radius 3 is 1.17 bits per heavy atom. The third-order valence-corrected chi connectivity index (χ3v) is 5.16. The van der Waals surface area contributed by atoms with Crippen molar-refractivity contribution in [3.05, 3.63) is 72.9 Å². The summed E-state index contributed by atoms with van der Waals surface area (Å²) in [6.45, 7) is 2.17. The van der Waals surface area contributed by atoms with Gasteiger partial charge in [-0.2, -0.15) is 0 Å². The van der Waals surface area contributed by atoms with Crippen LogP contribution in [0.15, 0.2) is 72.9 Å². The molecule has 0 unspecified atom stereocenters. The minimum absolute atomic E-state index is 1.04. The molecule has 0 atom stereocenters. The first-order valence-corrected chi connectivity index (χ1v) is 13.0. The van der Waals surface area contributed by atoms with Gasteiger partial charge in [-0.15, -0.1) is 0 Å². The molecule has 0 aromatic rings. The van der Waals surface area contributed by atoms with Gasteiger partial charge in [-0.25, -0.2) is 0 Å². The summed E-state index contributed by atoms with van der Waals surface area (Å²) < 4.78 is 0. The molecule has 0 saturated carbocycles. The van der Waals surface area contributed by atoms with Crippen molar-refractivity contribution < 1.29 is 0 Å². The van der Waals surface area contributed by atoms with Crippen LogP contribution in [0.25, 0.3) is 0 Å². The molecule has 0 saturated heterocycles. The molecule has 164 valence electrons. The number of rotatable bonds is 20. The van der Waals surface area contributed by atoms with E-state index in [4.69, 9.17) is 0 Å². The van der Waals surface area contributed by atoms with Gasteiger partial charge in [-0.05, 0) is 57.8 Å². The van der Waals surface area contributed by atoms with E-state index in [2.05, 4.69) is 95.8 Å². The summed E-state index contributed by atoms with van der Waals surface area (Å²) in [7, 11) is 0. The van der Waals surface area contributed by atoms with Crippen molar-refractivity contribution in [3.63, 3.8) is 0 Å². The predicted octanol–water partition coefficient (Wildman–Crippen LogP) is 10.2. The Kier molecular flexibility index (Phi) is 25.9. The van der Waals surface area contributed by atoms with Crippen molar-refractivity contribution in [2.24, 2.45) is 0 Å². The fourth-order valence-electron chi connectivity index (χ4n) is 2.88. The number of allylic oxidation sites excluding steroid dienone is 12. The smallest absolute Gasteiger partial charge is 0.00313 e. The van der Waals surface area contributed by atoms with Gasteiger partial charge in [-0.1, -0.05) is 128 Å². The quantitative estimate of drug-likeness (QED) is 0.0961. The van der Waals surface area contributed by atoms with Crippen LogP contribution in [0.3, 0.4) is 0 Å². The maximum atomic E-state index is 3.49. The highest BCUT2D eigenvalue weighted by Crippen LogP contribution is 2.09. The minimum Gasteiger partial charge on any atom is -0.0928 e. The van der Waals surface area contributed by atoms with Gasteiger partial charge in [0.25, 0.3) is 0 Å². The van der Waals surface area contributed by atoms with Crippen molar-refractivity contribution in [2.45, 2.75) is 96.8 Å². The van der Waals surface area contributed by atoms with Crippen LogP contribution in [-0.2, 0) is 0 Å².